The molecule has 0 aliphatic carbocycles. The number of hydrogen-bond acceptors (Lipinski definition) is 2. The molecule has 0 bridgehead atoms. The van der Waals surface area contributed by atoms with Crippen molar-refractivity contribution in [1.82, 2.24) is 5.16 Å². The van der Waals surface area contributed by atoms with Gasteiger partial charge in [-0.15, -0.1) is 11.6 Å². The highest BCUT2D eigenvalue weighted by molar-refractivity contribution is 6.31. The van der Waals surface area contributed by atoms with Crippen molar-refractivity contribution < 1.29 is 4.52 Å². The first-order valence-corrected chi connectivity index (χ1v) is 8.28. The lowest BCUT2D eigenvalue weighted by molar-refractivity contribution is 0.426. The topological polar surface area (TPSA) is 26.0 Å². The van der Waals surface area contributed by atoms with E-state index in [4.69, 9.17) is 27.7 Å². The fraction of sp³-hybridized carbons (Fsp3) is 0.158. The van der Waals surface area contributed by atoms with Gasteiger partial charge < -0.3 is 4.52 Å². The molecule has 3 aromatic rings. The summed E-state index contributed by atoms with van der Waals surface area (Å²) in [5, 5.41) is 4.86. The number of aryl methyl sites for hydroxylation is 1. The monoisotopic (exact) mass is 344 g/mol. The van der Waals surface area contributed by atoms with Crippen molar-refractivity contribution in [2.24, 2.45) is 0 Å². The fourth-order valence-corrected chi connectivity index (χ4v) is 2.84. The van der Waals surface area contributed by atoms with Crippen LogP contribution in [0.2, 0.25) is 5.02 Å². The number of alkyl halides is 1. The summed E-state index contributed by atoms with van der Waals surface area (Å²) in [7, 11) is 0. The van der Waals surface area contributed by atoms with Crippen LogP contribution in [0.3, 0.4) is 0 Å². The zero-order valence-corrected chi connectivity index (χ0v) is 14.2. The van der Waals surface area contributed by atoms with Gasteiger partial charge in [-0.3, -0.25) is 0 Å². The molecular weight excluding hydrogens is 329 g/mol. The van der Waals surface area contributed by atoms with Crippen molar-refractivity contribution in [3.63, 3.8) is 0 Å². The molecule has 2 nitrogen and oxygen atoms in total. The van der Waals surface area contributed by atoms with Crippen LogP contribution in [0.4, 0.5) is 0 Å². The van der Waals surface area contributed by atoms with Crippen LogP contribution >= 0.6 is 23.2 Å². The molecule has 0 amide bonds. The van der Waals surface area contributed by atoms with Gasteiger partial charge in [0.05, 0.1) is 5.69 Å². The van der Waals surface area contributed by atoms with Gasteiger partial charge in [-0.05, 0) is 37.0 Å². The highest BCUT2D eigenvalue weighted by atomic mass is 35.5. The molecule has 0 aliphatic heterocycles. The number of halogens is 2. The summed E-state index contributed by atoms with van der Waals surface area (Å²) in [4.78, 5) is 0. The van der Waals surface area contributed by atoms with E-state index in [9.17, 15) is 0 Å². The van der Waals surface area contributed by atoms with E-state index in [-0.39, 0.29) is 0 Å². The van der Waals surface area contributed by atoms with Crippen molar-refractivity contribution in [1.29, 1.82) is 0 Å². The zero-order valence-electron chi connectivity index (χ0n) is 12.7. The van der Waals surface area contributed by atoms with E-state index in [1.54, 1.807) is 0 Å². The molecule has 3 rings (SSSR count). The van der Waals surface area contributed by atoms with Crippen LogP contribution in [-0.2, 0) is 12.3 Å². The molecule has 0 fully saturated rings. The summed E-state index contributed by atoms with van der Waals surface area (Å²) in [5.41, 5.74) is 5.06. The lowest BCUT2D eigenvalue weighted by atomic mass is 9.99. The Labute approximate surface area is 146 Å². The van der Waals surface area contributed by atoms with E-state index in [1.165, 1.54) is 0 Å². The molecule has 0 saturated heterocycles. The second kappa shape index (κ2) is 7.20. The van der Waals surface area contributed by atoms with Gasteiger partial charge in [0.1, 0.15) is 0 Å². The highest BCUT2D eigenvalue weighted by Gasteiger charge is 2.15. The molecule has 0 N–H and O–H groups in total. The van der Waals surface area contributed by atoms with Crippen molar-refractivity contribution in [2.45, 2.75) is 19.2 Å². The molecule has 1 aromatic heterocycles. The second-order valence-electron chi connectivity index (χ2n) is 5.34. The quantitative estimate of drug-likeness (QED) is 0.543. The maximum atomic E-state index is 6.21. The van der Waals surface area contributed by atoms with E-state index in [0.29, 0.717) is 12.3 Å². The van der Waals surface area contributed by atoms with Gasteiger partial charge >= 0.3 is 0 Å². The third-order valence-electron chi connectivity index (χ3n) is 3.79. The maximum absolute atomic E-state index is 6.21. The molecule has 1 heterocycles. The van der Waals surface area contributed by atoms with E-state index >= 15 is 0 Å². The van der Waals surface area contributed by atoms with E-state index in [2.05, 4.69) is 11.6 Å². The minimum absolute atomic E-state index is 0.503. The van der Waals surface area contributed by atoms with Crippen LogP contribution in [0.25, 0.3) is 11.3 Å². The van der Waals surface area contributed by atoms with E-state index in [0.717, 1.165) is 38.7 Å². The Morgan fingerprint density at radius 2 is 1.83 bits per heavy atom. The molecule has 0 spiro atoms. The first-order valence-electron chi connectivity index (χ1n) is 7.37. The van der Waals surface area contributed by atoms with Crippen LogP contribution in [0.1, 0.15) is 22.4 Å². The van der Waals surface area contributed by atoms with Gasteiger partial charge in [-0.1, -0.05) is 59.2 Å². The molecular formula is C19H16Cl2NO. The van der Waals surface area contributed by atoms with Gasteiger partial charge in [-0.2, -0.15) is 0 Å². The predicted molar refractivity (Wildman–Crippen MR) is 94.8 cm³/mol. The number of rotatable bonds is 5. The second-order valence-corrected chi connectivity index (χ2v) is 6.01. The molecule has 117 valence electrons. The smallest absolute Gasteiger partial charge is 0.170 e. The Morgan fingerprint density at radius 3 is 2.52 bits per heavy atom. The Bertz CT molecular complexity index is 793. The first kappa shape index (κ1) is 16.1. The lowest BCUT2D eigenvalue weighted by Gasteiger charge is -2.05. The van der Waals surface area contributed by atoms with Crippen molar-refractivity contribution >= 4 is 23.2 Å². The minimum atomic E-state index is 0.503. The third kappa shape index (κ3) is 3.60. The summed E-state index contributed by atoms with van der Waals surface area (Å²) >= 11 is 12.1. The average molecular weight is 345 g/mol. The summed E-state index contributed by atoms with van der Waals surface area (Å²) in [6.45, 7) is 1.95. The Morgan fingerprint density at radius 1 is 1.09 bits per heavy atom. The summed E-state index contributed by atoms with van der Waals surface area (Å²) < 4.78 is 5.54. The Balaban J connectivity index is 1.85. The molecule has 4 heteroatoms. The maximum Gasteiger partial charge on any atom is 0.170 e. The zero-order chi connectivity index (χ0) is 16.2. The molecule has 0 saturated carbocycles. The molecule has 0 unspecified atom stereocenters. The van der Waals surface area contributed by atoms with Crippen LogP contribution in [0.5, 0.6) is 0 Å². The minimum Gasteiger partial charge on any atom is -0.356 e. The van der Waals surface area contributed by atoms with Crippen molar-refractivity contribution in [2.75, 3.05) is 0 Å². The van der Waals surface area contributed by atoms with Gasteiger partial charge in [0.2, 0.25) is 0 Å². The van der Waals surface area contributed by atoms with Gasteiger partial charge in [0.25, 0.3) is 0 Å². The van der Waals surface area contributed by atoms with Crippen molar-refractivity contribution in [3.05, 3.63) is 82.4 Å². The summed E-state index contributed by atoms with van der Waals surface area (Å²) in [5.74, 6) is 1.30. The highest BCUT2D eigenvalue weighted by Crippen LogP contribution is 2.29. The third-order valence-corrected chi connectivity index (χ3v) is 4.44. The first-order chi connectivity index (χ1) is 11.2. The number of aromatic nitrogens is 1. The molecule has 0 atom stereocenters. The average Bonchev–Trinajstić information content (AvgIpc) is 2.95. The van der Waals surface area contributed by atoms with Crippen LogP contribution in [0.15, 0.2) is 53.1 Å². The van der Waals surface area contributed by atoms with Gasteiger partial charge in [0.15, 0.2) is 5.76 Å². The van der Waals surface area contributed by atoms with E-state index < -0.39 is 0 Å². The van der Waals surface area contributed by atoms with Crippen LogP contribution in [0, 0.1) is 13.3 Å². The SMILES string of the molecule is Cc1noc(-c2ccc(CCl)cc2)c1C[CH]c1ccccc1Cl. The van der Waals surface area contributed by atoms with Gasteiger partial charge in [0, 0.05) is 22.0 Å². The molecule has 0 aliphatic rings. The molecule has 1 radical (unpaired) electrons. The Hall–Kier alpha value is -1.77. The number of benzene rings is 2. The standard InChI is InChI=1S/C19H16Cl2NO/c1-13-17(11-10-15-4-2-3-5-18(15)21)19(23-22-13)16-8-6-14(12-20)7-9-16/h2-10H,11-12H2,1H3. The summed E-state index contributed by atoms with van der Waals surface area (Å²) in [6.07, 6.45) is 2.81. The van der Waals surface area contributed by atoms with E-state index in [1.807, 2.05) is 55.5 Å². The summed E-state index contributed by atoms with van der Waals surface area (Å²) in [6, 6.07) is 15.8. The molecule has 2 aromatic carbocycles. The fourth-order valence-electron chi connectivity index (χ4n) is 2.45. The number of hydrogen-bond donors (Lipinski definition) is 0. The normalized spacial score (nSPS) is 10.9. The lowest BCUT2D eigenvalue weighted by Crippen LogP contribution is -1.93. The Kier molecular flexibility index (Phi) is 5.04. The predicted octanol–water partition coefficient (Wildman–Crippen LogP) is 5.84. The van der Waals surface area contributed by atoms with Crippen LogP contribution < -0.4 is 0 Å². The number of nitrogens with zero attached hydrogens (tertiary/aromatic N) is 1. The largest absolute Gasteiger partial charge is 0.356 e. The van der Waals surface area contributed by atoms with Gasteiger partial charge in [-0.25, -0.2) is 0 Å². The molecule has 23 heavy (non-hydrogen) atoms. The van der Waals surface area contributed by atoms with Crippen LogP contribution in [-0.4, -0.2) is 5.16 Å². The van der Waals surface area contributed by atoms with Crippen molar-refractivity contribution in [3.8, 4) is 11.3 Å².